The van der Waals surface area contributed by atoms with Crippen LogP contribution in [0.5, 0.6) is 0 Å². The van der Waals surface area contributed by atoms with E-state index in [1.54, 1.807) is 6.92 Å². The van der Waals surface area contributed by atoms with Gasteiger partial charge in [-0.25, -0.2) is 0 Å². The molecule has 0 radical (unpaired) electrons. The van der Waals surface area contributed by atoms with Crippen molar-refractivity contribution in [3.8, 4) is 0 Å². The monoisotopic (exact) mass is 330 g/mol. The second-order valence-electron chi connectivity index (χ2n) is 7.19. The van der Waals surface area contributed by atoms with Crippen LogP contribution in [-0.4, -0.2) is 53.0 Å². The molecule has 2 rings (SSSR count). The third-order valence-corrected chi connectivity index (χ3v) is 4.58. The van der Waals surface area contributed by atoms with E-state index in [0.717, 1.165) is 19.3 Å². The molecule has 23 heavy (non-hydrogen) atoms. The van der Waals surface area contributed by atoms with Gasteiger partial charge in [0.15, 0.2) is 6.29 Å². The molecule has 6 heteroatoms. The summed E-state index contributed by atoms with van der Waals surface area (Å²) in [5.41, 5.74) is 0. The number of hydrogen-bond acceptors (Lipinski definition) is 6. The van der Waals surface area contributed by atoms with Gasteiger partial charge in [0.2, 0.25) is 0 Å². The first kappa shape index (κ1) is 18.6. The summed E-state index contributed by atoms with van der Waals surface area (Å²) in [5.74, 6) is 0.328. The van der Waals surface area contributed by atoms with Crippen molar-refractivity contribution in [2.24, 2.45) is 11.8 Å². The van der Waals surface area contributed by atoms with Gasteiger partial charge in [0.05, 0.1) is 30.3 Å². The quantitative estimate of drug-likeness (QED) is 0.690. The number of aliphatic hydroxyl groups is 2. The van der Waals surface area contributed by atoms with E-state index in [9.17, 15) is 15.0 Å². The smallest absolute Gasteiger partial charge is 0.309 e. The highest BCUT2D eigenvalue weighted by Crippen LogP contribution is 2.43. The van der Waals surface area contributed by atoms with Crippen LogP contribution < -0.4 is 0 Å². The van der Waals surface area contributed by atoms with E-state index < -0.39 is 18.5 Å². The Morgan fingerprint density at radius 3 is 2.57 bits per heavy atom. The molecule has 0 bridgehead atoms. The highest BCUT2D eigenvalue weighted by Gasteiger charge is 2.44. The Bertz CT molecular complexity index is 399. The van der Waals surface area contributed by atoms with Crippen molar-refractivity contribution in [1.82, 2.24) is 0 Å². The molecule has 0 aromatic carbocycles. The van der Waals surface area contributed by atoms with E-state index in [4.69, 9.17) is 14.2 Å². The molecule has 6 nitrogen and oxygen atoms in total. The minimum absolute atomic E-state index is 0.0382. The molecule has 0 aromatic rings. The standard InChI is InChI=1S/C17H30O6/c1-9(2)21-16(20)13-7-12(13)6-5-10(3)22-17-15(19)8-14(18)11(4)23-17/h9-15,17-19H,5-8H2,1-4H3/t10-,11+,12+,13-,14-,15-,17-/m1/s1. The minimum atomic E-state index is -0.807. The fraction of sp³-hybridized carbons (Fsp3) is 0.941. The van der Waals surface area contributed by atoms with E-state index >= 15 is 0 Å². The summed E-state index contributed by atoms with van der Waals surface area (Å²) in [6, 6.07) is 0. The van der Waals surface area contributed by atoms with Gasteiger partial charge < -0.3 is 24.4 Å². The predicted octanol–water partition coefficient (Wildman–Crippen LogP) is 1.62. The van der Waals surface area contributed by atoms with Gasteiger partial charge in [-0.1, -0.05) is 0 Å². The molecule has 2 aliphatic rings. The molecular weight excluding hydrogens is 300 g/mol. The number of hydrogen-bond donors (Lipinski definition) is 2. The van der Waals surface area contributed by atoms with Crippen molar-refractivity contribution in [3.05, 3.63) is 0 Å². The maximum atomic E-state index is 11.8. The molecule has 2 fully saturated rings. The van der Waals surface area contributed by atoms with Gasteiger partial charge in [-0.15, -0.1) is 0 Å². The van der Waals surface area contributed by atoms with Crippen LogP contribution in [0.2, 0.25) is 0 Å². The van der Waals surface area contributed by atoms with Crippen LogP contribution in [0.1, 0.15) is 53.4 Å². The van der Waals surface area contributed by atoms with Crippen molar-refractivity contribution in [3.63, 3.8) is 0 Å². The van der Waals surface area contributed by atoms with Gasteiger partial charge in [0.1, 0.15) is 6.10 Å². The highest BCUT2D eigenvalue weighted by molar-refractivity contribution is 5.75. The normalized spacial score (nSPS) is 38.4. The van der Waals surface area contributed by atoms with E-state index in [0.29, 0.717) is 5.92 Å². The summed E-state index contributed by atoms with van der Waals surface area (Å²) in [7, 11) is 0. The molecule has 1 aliphatic carbocycles. The molecule has 0 unspecified atom stereocenters. The van der Waals surface area contributed by atoms with Gasteiger partial charge in [0.25, 0.3) is 0 Å². The summed E-state index contributed by atoms with van der Waals surface area (Å²) in [6.45, 7) is 7.43. The first-order valence-electron chi connectivity index (χ1n) is 8.65. The van der Waals surface area contributed by atoms with Crippen molar-refractivity contribution in [2.45, 2.75) is 90.2 Å². The van der Waals surface area contributed by atoms with Gasteiger partial charge in [-0.2, -0.15) is 0 Å². The maximum absolute atomic E-state index is 11.8. The fourth-order valence-electron chi connectivity index (χ4n) is 2.99. The molecule has 1 heterocycles. The van der Waals surface area contributed by atoms with Crippen LogP contribution in [0.25, 0.3) is 0 Å². The average molecular weight is 330 g/mol. The zero-order chi connectivity index (χ0) is 17.1. The molecule has 7 atom stereocenters. The number of rotatable bonds is 7. The summed E-state index contributed by atoms with van der Waals surface area (Å²) in [5, 5.41) is 19.6. The Morgan fingerprint density at radius 2 is 1.91 bits per heavy atom. The van der Waals surface area contributed by atoms with Gasteiger partial charge in [0, 0.05) is 6.42 Å². The largest absolute Gasteiger partial charge is 0.463 e. The average Bonchev–Trinajstić information content (AvgIpc) is 3.21. The van der Waals surface area contributed by atoms with Crippen LogP contribution in [0, 0.1) is 11.8 Å². The first-order valence-corrected chi connectivity index (χ1v) is 8.65. The molecule has 0 amide bonds. The lowest BCUT2D eigenvalue weighted by atomic mass is 10.0. The zero-order valence-corrected chi connectivity index (χ0v) is 14.5. The minimum Gasteiger partial charge on any atom is -0.463 e. The second kappa shape index (κ2) is 7.92. The fourth-order valence-corrected chi connectivity index (χ4v) is 2.99. The third kappa shape index (κ3) is 5.41. The topological polar surface area (TPSA) is 85.2 Å². The van der Waals surface area contributed by atoms with E-state index in [-0.39, 0.29) is 36.6 Å². The Hall–Kier alpha value is -0.690. The Balaban J connectivity index is 1.66. The predicted molar refractivity (Wildman–Crippen MR) is 83.6 cm³/mol. The van der Waals surface area contributed by atoms with Crippen LogP contribution in [0.15, 0.2) is 0 Å². The Labute approximate surface area is 138 Å². The van der Waals surface area contributed by atoms with Crippen LogP contribution in [0.3, 0.4) is 0 Å². The summed E-state index contributed by atoms with van der Waals surface area (Å²) in [6.07, 6.45) is 0.248. The summed E-state index contributed by atoms with van der Waals surface area (Å²) in [4.78, 5) is 11.8. The SMILES string of the molecule is CC(C)OC(=O)[C@@H]1C[C@@H]1CC[C@@H](C)O[C@@H]1O[C@@H](C)[C@H](O)C[C@H]1O. The van der Waals surface area contributed by atoms with Crippen molar-refractivity contribution in [2.75, 3.05) is 0 Å². The molecule has 0 aromatic heterocycles. The Kier molecular flexibility index (Phi) is 6.42. The number of ether oxygens (including phenoxy) is 3. The summed E-state index contributed by atoms with van der Waals surface area (Å²) >= 11 is 0. The molecule has 1 saturated carbocycles. The lowest BCUT2D eigenvalue weighted by Gasteiger charge is -2.36. The number of carbonyl (C=O) groups is 1. The molecule has 1 saturated heterocycles. The van der Waals surface area contributed by atoms with Crippen LogP contribution in [0.4, 0.5) is 0 Å². The second-order valence-corrected chi connectivity index (χ2v) is 7.19. The van der Waals surface area contributed by atoms with E-state index in [1.165, 1.54) is 0 Å². The summed E-state index contributed by atoms with van der Waals surface area (Å²) < 4.78 is 16.5. The number of aliphatic hydroxyl groups excluding tert-OH is 2. The number of carbonyl (C=O) groups excluding carboxylic acids is 1. The lowest BCUT2D eigenvalue weighted by molar-refractivity contribution is -0.273. The van der Waals surface area contributed by atoms with Crippen LogP contribution in [-0.2, 0) is 19.0 Å². The van der Waals surface area contributed by atoms with Crippen LogP contribution >= 0.6 is 0 Å². The van der Waals surface area contributed by atoms with Gasteiger partial charge in [-0.05, 0) is 52.9 Å². The first-order chi connectivity index (χ1) is 10.8. The number of esters is 1. The zero-order valence-electron chi connectivity index (χ0n) is 14.5. The third-order valence-electron chi connectivity index (χ3n) is 4.58. The van der Waals surface area contributed by atoms with E-state index in [1.807, 2.05) is 20.8 Å². The maximum Gasteiger partial charge on any atom is 0.309 e. The molecule has 0 spiro atoms. The molecule has 1 aliphatic heterocycles. The molecule has 2 N–H and O–H groups in total. The molecular formula is C17H30O6. The lowest BCUT2D eigenvalue weighted by Crippen LogP contribution is -2.48. The van der Waals surface area contributed by atoms with Gasteiger partial charge in [-0.3, -0.25) is 4.79 Å². The van der Waals surface area contributed by atoms with Crippen molar-refractivity contribution >= 4 is 5.97 Å². The van der Waals surface area contributed by atoms with Crippen molar-refractivity contribution < 1.29 is 29.2 Å². The highest BCUT2D eigenvalue weighted by atomic mass is 16.7. The van der Waals surface area contributed by atoms with Crippen molar-refractivity contribution in [1.29, 1.82) is 0 Å². The Morgan fingerprint density at radius 1 is 1.22 bits per heavy atom. The van der Waals surface area contributed by atoms with E-state index in [2.05, 4.69) is 0 Å². The van der Waals surface area contributed by atoms with Gasteiger partial charge >= 0.3 is 5.97 Å². The molecule has 134 valence electrons.